The van der Waals surface area contributed by atoms with Crippen molar-refractivity contribution in [3.63, 3.8) is 0 Å². The van der Waals surface area contributed by atoms with Gasteiger partial charge in [-0.15, -0.1) is 0 Å². The SMILES string of the molecule is Cc1cccc(C(=O)Nc2cc(NC(=O)c3cccc(C)n3)nc(NC(=O)c3cccc(C)n3)n2)n1. The van der Waals surface area contributed by atoms with Crippen molar-refractivity contribution in [3.8, 4) is 0 Å². The largest absolute Gasteiger partial charge is 0.305 e. The summed E-state index contributed by atoms with van der Waals surface area (Å²) in [6, 6.07) is 16.4. The fourth-order valence-corrected chi connectivity index (χ4v) is 3.17. The molecule has 0 spiro atoms. The summed E-state index contributed by atoms with van der Waals surface area (Å²) in [7, 11) is 0. The molecule has 0 aliphatic heterocycles. The molecule has 0 aliphatic carbocycles. The van der Waals surface area contributed by atoms with Gasteiger partial charge < -0.3 is 10.6 Å². The molecular formula is C25H22N8O3. The van der Waals surface area contributed by atoms with Crippen LogP contribution in [-0.2, 0) is 0 Å². The lowest BCUT2D eigenvalue weighted by Gasteiger charge is -2.11. The Morgan fingerprint density at radius 2 is 0.889 bits per heavy atom. The van der Waals surface area contributed by atoms with Crippen LogP contribution in [0.15, 0.2) is 60.7 Å². The minimum atomic E-state index is -0.555. The van der Waals surface area contributed by atoms with Gasteiger partial charge in [-0.05, 0) is 57.2 Å². The molecule has 11 heteroatoms. The van der Waals surface area contributed by atoms with Crippen LogP contribution in [0.4, 0.5) is 17.6 Å². The van der Waals surface area contributed by atoms with Gasteiger partial charge in [0.15, 0.2) is 0 Å². The average Bonchev–Trinajstić information content (AvgIpc) is 2.84. The average molecular weight is 483 g/mol. The Bertz CT molecular complexity index is 1280. The van der Waals surface area contributed by atoms with Crippen molar-refractivity contribution in [2.75, 3.05) is 16.0 Å². The second-order valence-corrected chi connectivity index (χ2v) is 7.82. The van der Waals surface area contributed by atoms with Crippen LogP contribution in [0.5, 0.6) is 0 Å². The highest BCUT2D eigenvalue weighted by molar-refractivity contribution is 6.05. The minimum Gasteiger partial charge on any atom is -0.305 e. The van der Waals surface area contributed by atoms with E-state index in [0.717, 1.165) is 0 Å². The number of hydrogen-bond acceptors (Lipinski definition) is 8. The number of rotatable bonds is 6. The van der Waals surface area contributed by atoms with Crippen LogP contribution in [-0.4, -0.2) is 42.6 Å². The van der Waals surface area contributed by atoms with Crippen LogP contribution < -0.4 is 16.0 Å². The van der Waals surface area contributed by atoms with E-state index in [9.17, 15) is 14.4 Å². The lowest BCUT2D eigenvalue weighted by atomic mass is 10.3. The molecule has 180 valence electrons. The number of anilines is 3. The topological polar surface area (TPSA) is 152 Å². The van der Waals surface area contributed by atoms with Crippen LogP contribution in [0.25, 0.3) is 0 Å². The maximum absolute atomic E-state index is 12.7. The van der Waals surface area contributed by atoms with E-state index >= 15 is 0 Å². The van der Waals surface area contributed by atoms with Crippen molar-refractivity contribution in [1.82, 2.24) is 24.9 Å². The zero-order valence-electron chi connectivity index (χ0n) is 19.7. The van der Waals surface area contributed by atoms with Crippen molar-refractivity contribution in [3.05, 3.63) is 94.8 Å². The van der Waals surface area contributed by atoms with Gasteiger partial charge >= 0.3 is 0 Å². The molecule has 4 aromatic heterocycles. The van der Waals surface area contributed by atoms with E-state index in [1.807, 2.05) is 0 Å². The molecule has 0 atom stereocenters. The van der Waals surface area contributed by atoms with Crippen LogP contribution in [0.2, 0.25) is 0 Å². The zero-order valence-corrected chi connectivity index (χ0v) is 19.7. The molecular weight excluding hydrogens is 460 g/mol. The number of hydrogen-bond donors (Lipinski definition) is 3. The van der Waals surface area contributed by atoms with Crippen LogP contribution in [0, 0.1) is 20.8 Å². The molecule has 3 N–H and O–H groups in total. The van der Waals surface area contributed by atoms with E-state index in [2.05, 4.69) is 40.9 Å². The lowest BCUT2D eigenvalue weighted by Crippen LogP contribution is -2.21. The molecule has 0 fully saturated rings. The molecule has 0 bridgehead atoms. The number of nitrogens with zero attached hydrogens (tertiary/aromatic N) is 5. The Balaban J connectivity index is 1.63. The Labute approximate surface area is 206 Å². The predicted octanol–water partition coefficient (Wildman–Crippen LogP) is 3.34. The third kappa shape index (κ3) is 6.08. The van der Waals surface area contributed by atoms with Crippen LogP contribution >= 0.6 is 0 Å². The Hall–Kier alpha value is -5.06. The number of amides is 3. The smallest absolute Gasteiger partial charge is 0.276 e. The van der Waals surface area contributed by atoms with E-state index in [1.165, 1.54) is 6.07 Å². The number of carbonyl (C=O) groups is 3. The first-order chi connectivity index (χ1) is 17.3. The summed E-state index contributed by atoms with van der Waals surface area (Å²) in [5.74, 6) is -1.66. The normalized spacial score (nSPS) is 10.4. The van der Waals surface area contributed by atoms with E-state index in [4.69, 9.17) is 0 Å². The molecule has 4 heterocycles. The van der Waals surface area contributed by atoms with Crippen molar-refractivity contribution in [1.29, 1.82) is 0 Å². The maximum Gasteiger partial charge on any atom is 0.276 e. The molecule has 0 saturated heterocycles. The second kappa shape index (κ2) is 10.5. The lowest BCUT2D eigenvalue weighted by molar-refractivity contribution is 0.101. The quantitative estimate of drug-likeness (QED) is 0.378. The zero-order chi connectivity index (χ0) is 25.7. The van der Waals surface area contributed by atoms with Crippen molar-refractivity contribution < 1.29 is 14.4 Å². The summed E-state index contributed by atoms with van der Waals surface area (Å²) in [4.78, 5) is 59.1. The van der Waals surface area contributed by atoms with Gasteiger partial charge in [0, 0.05) is 23.1 Å². The minimum absolute atomic E-state index is 0.0401. The second-order valence-electron chi connectivity index (χ2n) is 7.82. The highest BCUT2D eigenvalue weighted by atomic mass is 16.2. The van der Waals surface area contributed by atoms with Crippen LogP contribution in [0.1, 0.15) is 48.5 Å². The molecule has 0 unspecified atom stereocenters. The van der Waals surface area contributed by atoms with E-state index in [0.29, 0.717) is 17.1 Å². The van der Waals surface area contributed by atoms with Crippen molar-refractivity contribution >= 4 is 35.3 Å². The van der Waals surface area contributed by atoms with Crippen molar-refractivity contribution in [2.24, 2.45) is 0 Å². The molecule has 3 amide bonds. The molecule has 0 aliphatic rings. The fourth-order valence-electron chi connectivity index (χ4n) is 3.17. The van der Waals surface area contributed by atoms with Crippen molar-refractivity contribution in [2.45, 2.75) is 20.8 Å². The van der Waals surface area contributed by atoms with E-state index in [1.54, 1.807) is 75.4 Å². The third-order valence-electron chi connectivity index (χ3n) is 4.80. The molecule has 4 rings (SSSR count). The summed E-state index contributed by atoms with van der Waals surface area (Å²) in [5, 5.41) is 7.80. The highest BCUT2D eigenvalue weighted by Crippen LogP contribution is 2.17. The number of nitrogens with one attached hydrogen (secondary N) is 3. The van der Waals surface area contributed by atoms with Gasteiger partial charge in [0.05, 0.1) is 0 Å². The first-order valence-corrected chi connectivity index (χ1v) is 10.9. The Morgan fingerprint density at radius 1 is 0.528 bits per heavy atom. The van der Waals surface area contributed by atoms with E-state index in [-0.39, 0.29) is 34.7 Å². The fraction of sp³-hybridized carbons (Fsp3) is 0.120. The first kappa shape index (κ1) is 24.1. The highest BCUT2D eigenvalue weighted by Gasteiger charge is 2.16. The van der Waals surface area contributed by atoms with Gasteiger partial charge in [-0.25, -0.2) is 15.0 Å². The molecule has 0 radical (unpaired) electrons. The van der Waals surface area contributed by atoms with Gasteiger partial charge in [0.25, 0.3) is 17.7 Å². The molecule has 0 aromatic carbocycles. The molecule has 11 nitrogen and oxygen atoms in total. The number of aryl methyl sites for hydroxylation is 3. The number of aromatic nitrogens is 5. The standard InChI is InChI=1S/C25H22N8O3/c1-14-7-4-10-17(26-14)22(34)29-20-13-21(30-23(35)18-11-5-8-15(2)27-18)32-25(31-20)33-24(36)19-12-6-9-16(3)28-19/h4-13H,1-3H3,(H3,29,30,31,32,33,34,35,36). The summed E-state index contributed by atoms with van der Waals surface area (Å²) in [5.41, 5.74) is 2.51. The summed E-state index contributed by atoms with van der Waals surface area (Å²) in [6.45, 7) is 5.29. The Morgan fingerprint density at radius 3 is 1.25 bits per heavy atom. The van der Waals surface area contributed by atoms with Gasteiger partial charge in [-0.3, -0.25) is 19.7 Å². The summed E-state index contributed by atoms with van der Waals surface area (Å²) >= 11 is 0. The summed E-state index contributed by atoms with van der Waals surface area (Å²) < 4.78 is 0. The molecule has 4 aromatic rings. The van der Waals surface area contributed by atoms with E-state index < -0.39 is 17.7 Å². The third-order valence-corrected chi connectivity index (χ3v) is 4.80. The Kier molecular flexibility index (Phi) is 7.00. The van der Waals surface area contributed by atoms with Gasteiger partial charge in [0.1, 0.15) is 28.7 Å². The number of carbonyl (C=O) groups excluding carboxylic acids is 3. The van der Waals surface area contributed by atoms with Gasteiger partial charge in [0.2, 0.25) is 5.95 Å². The van der Waals surface area contributed by atoms with Gasteiger partial charge in [-0.1, -0.05) is 18.2 Å². The maximum atomic E-state index is 12.7. The molecule has 36 heavy (non-hydrogen) atoms. The number of pyridine rings is 3. The predicted molar refractivity (Wildman–Crippen MR) is 133 cm³/mol. The first-order valence-electron chi connectivity index (χ1n) is 10.9. The summed E-state index contributed by atoms with van der Waals surface area (Å²) in [6.07, 6.45) is 0. The monoisotopic (exact) mass is 482 g/mol. The molecule has 0 saturated carbocycles. The van der Waals surface area contributed by atoms with Gasteiger partial charge in [-0.2, -0.15) is 9.97 Å². The van der Waals surface area contributed by atoms with Crippen LogP contribution in [0.3, 0.4) is 0 Å².